The Kier molecular flexibility index (Phi) is 10.7. The number of aromatic nitrogens is 5. The van der Waals surface area contributed by atoms with Crippen LogP contribution in [0.25, 0.3) is 22.2 Å². The van der Waals surface area contributed by atoms with E-state index < -0.39 is 6.03 Å². The fourth-order valence-corrected chi connectivity index (χ4v) is 5.86. The van der Waals surface area contributed by atoms with Crippen LogP contribution in [0.2, 0.25) is 0 Å². The molecule has 0 spiro atoms. The van der Waals surface area contributed by atoms with Gasteiger partial charge in [-0.25, -0.2) is 19.4 Å². The van der Waals surface area contributed by atoms with Crippen molar-refractivity contribution in [1.82, 2.24) is 24.3 Å². The number of aryl methyl sites for hydroxylation is 1. The number of hydrogen-bond donors (Lipinski definition) is 2. The molecule has 0 aliphatic carbocycles. The van der Waals surface area contributed by atoms with E-state index in [1.54, 1.807) is 21.8 Å². The molecule has 0 atom stereocenters. The maximum absolute atomic E-state index is 14.4. The molecule has 0 bridgehead atoms. The molecule has 47 heavy (non-hydrogen) atoms. The minimum absolute atomic E-state index is 0.191. The fraction of sp³-hybridized carbons (Fsp3) is 0.378. The number of hydrogen-bond acceptors (Lipinski definition) is 6. The molecule has 0 fully saturated rings. The van der Waals surface area contributed by atoms with Crippen LogP contribution in [0.15, 0.2) is 78.2 Å². The molecule has 0 aliphatic heterocycles. The summed E-state index contributed by atoms with van der Waals surface area (Å²) in [6, 6.07) is 17.0. The van der Waals surface area contributed by atoms with Crippen molar-refractivity contribution < 1.29 is 9.53 Å². The van der Waals surface area contributed by atoms with E-state index >= 15 is 0 Å². The zero-order valence-electron chi connectivity index (χ0n) is 28.2. The monoisotopic (exact) mass is 635 g/mol. The highest BCUT2D eigenvalue weighted by atomic mass is 16.5. The summed E-state index contributed by atoms with van der Waals surface area (Å²) in [5.74, 6) is 1.51. The number of fused-ring (bicyclic) bond motifs is 1. The van der Waals surface area contributed by atoms with E-state index in [1.807, 2.05) is 54.6 Å². The molecule has 0 saturated heterocycles. The Balaban J connectivity index is 1.58. The van der Waals surface area contributed by atoms with Gasteiger partial charge in [-0.05, 0) is 71.6 Å². The lowest BCUT2D eigenvalue weighted by Gasteiger charge is -2.22. The molecule has 2 aromatic carbocycles. The summed E-state index contributed by atoms with van der Waals surface area (Å²) in [6.07, 6.45) is 6.60. The third kappa shape index (κ3) is 7.88. The van der Waals surface area contributed by atoms with Crippen LogP contribution in [0.3, 0.4) is 0 Å². The number of carbonyl (C=O) groups is 1. The van der Waals surface area contributed by atoms with Gasteiger partial charge in [0.2, 0.25) is 0 Å². The van der Waals surface area contributed by atoms with Crippen molar-refractivity contribution in [3.05, 3.63) is 94.9 Å². The minimum Gasteiger partial charge on any atom is -0.492 e. The topological polar surface area (TPSA) is 116 Å². The number of benzene rings is 2. The molecule has 5 aromatic rings. The summed E-state index contributed by atoms with van der Waals surface area (Å²) in [7, 11) is 0. The van der Waals surface area contributed by atoms with Crippen molar-refractivity contribution in [2.24, 2.45) is 5.92 Å². The summed E-state index contributed by atoms with van der Waals surface area (Å²) < 4.78 is 9.46. The zero-order valence-corrected chi connectivity index (χ0v) is 28.2. The van der Waals surface area contributed by atoms with E-state index in [9.17, 15) is 9.59 Å². The molecule has 3 heterocycles. The van der Waals surface area contributed by atoms with Gasteiger partial charge in [0, 0.05) is 29.4 Å². The number of carbonyl (C=O) groups excluding carboxylic acids is 1. The number of rotatable bonds is 13. The summed E-state index contributed by atoms with van der Waals surface area (Å²) >= 11 is 0. The van der Waals surface area contributed by atoms with E-state index in [-0.39, 0.29) is 23.1 Å². The molecule has 0 radical (unpaired) electrons. The highest BCUT2D eigenvalue weighted by Crippen LogP contribution is 2.36. The van der Waals surface area contributed by atoms with Gasteiger partial charge in [0.25, 0.3) is 5.56 Å². The number of urea groups is 1. The van der Waals surface area contributed by atoms with Crippen molar-refractivity contribution >= 4 is 28.4 Å². The summed E-state index contributed by atoms with van der Waals surface area (Å²) in [5, 5.41) is 11.0. The molecule has 10 nitrogen and oxygen atoms in total. The first-order valence-electron chi connectivity index (χ1n) is 16.4. The molecule has 2 amide bonds. The number of nitrogens with zero attached hydrogens (tertiary/aromatic N) is 5. The quantitative estimate of drug-likeness (QED) is 0.135. The summed E-state index contributed by atoms with van der Waals surface area (Å²) in [5.41, 5.74) is 4.65. The largest absolute Gasteiger partial charge is 0.492 e. The SMILES string of the molecule is CC(C)CCCn1c(=O)c(NC(=O)Nc2c(C(C)C)cccc2C(C)C)c(-c2cccc(OCCn3cncn3)c2)c2cccnc21. The van der Waals surface area contributed by atoms with Crippen molar-refractivity contribution in [1.29, 1.82) is 0 Å². The average molecular weight is 636 g/mol. The number of anilines is 2. The molecule has 0 aliphatic rings. The molecule has 246 valence electrons. The van der Waals surface area contributed by atoms with E-state index in [0.29, 0.717) is 42.6 Å². The Hall–Kier alpha value is -4.99. The lowest BCUT2D eigenvalue weighted by molar-refractivity contribution is 0.262. The van der Waals surface area contributed by atoms with Gasteiger partial charge in [-0.2, -0.15) is 5.10 Å². The Bertz CT molecular complexity index is 1850. The second-order valence-corrected chi connectivity index (χ2v) is 12.9. The van der Waals surface area contributed by atoms with Crippen LogP contribution in [0.5, 0.6) is 5.75 Å². The first-order valence-corrected chi connectivity index (χ1v) is 16.4. The Labute approximate surface area is 276 Å². The molecule has 3 aromatic heterocycles. The fourth-order valence-electron chi connectivity index (χ4n) is 5.86. The van der Waals surface area contributed by atoms with E-state index in [2.05, 4.69) is 67.2 Å². The first-order chi connectivity index (χ1) is 22.6. The number of pyridine rings is 2. The van der Waals surface area contributed by atoms with Gasteiger partial charge in [-0.1, -0.05) is 71.9 Å². The second-order valence-electron chi connectivity index (χ2n) is 12.9. The van der Waals surface area contributed by atoms with Gasteiger partial charge in [-0.15, -0.1) is 0 Å². The second kappa shape index (κ2) is 15.1. The predicted molar refractivity (Wildman–Crippen MR) is 188 cm³/mol. The molecule has 0 unspecified atom stereocenters. The van der Waals surface area contributed by atoms with Gasteiger partial charge in [0.05, 0.1) is 6.54 Å². The molecule has 10 heteroatoms. The average Bonchev–Trinajstić information content (AvgIpc) is 3.56. The lowest BCUT2D eigenvalue weighted by atomic mass is 9.93. The van der Waals surface area contributed by atoms with Crippen LogP contribution in [-0.2, 0) is 13.1 Å². The third-order valence-electron chi connectivity index (χ3n) is 8.21. The van der Waals surface area contributed by atoms with Crippen molar-refractivity contribution in [3.63, 3.8) is 0 Å². The van der Waals surface area contributed by atoms with Crippen LogP contribution in [0.1, 0.15) is 77.3 Å². The highest BCUT2D eigenvalue weighted by Gasteiger charge is 2.23. The number of amides is 2. The normalized spacial score (nSPS) is 11.5. The van der Waals surface area contributed by atoms with Crippen LogP contribution in [0.4, 0.5) is 16.2 Å². The third-order valence-corrected chi connectivity index (χ3v) is 8.21. The van der Waals surface area contributed by atoms with Crippen molar-refractivity contribution in [2.45, 2.75) is 79.3 Å². The van der Waals surface area contributed by atoms with Crippen LogP contribution >= 0.6 is 0 Å². The molecular formula is C37H45N7O3. The van der Waals surface area contributed by atoms with Crippen LogP contribution < -0.4 is 20.9 Å². The highest BCUT2D eigenvalue weighted by molar-refractivity contribution is 6.07. The Morgan fingerprint density at radius 3 is 2.30 bits per heavy atom. The molecule has 2 N–H and O–H groups in total. The number of ether oxygens (including phenoxy) is 1. The standard InChI is InChI=1S/C37H45N7O3/c1-24(2)11-10-18-44-35-31(16-9-17-39-35)32(27-12-7-13-28(21-27)47-20-19-43-23-38-22-40-43)34(36(44)45)42-37(46)41-33-29(25(3)4)14-8-15-30(33)26(5)6/h7-9,12-17,21-26H,10-11,18-20H2,1-6H3,(H2,41,42,46). The minimum atomic E-state index is -0.476. The van der Waals surface area contributed by atoms with Crippen molar-refractivity contribution in [2.75, 3.05) is 17.2 Å². The first kappa shape index (κ1) is 33.4. The van der Waals surface area contributed by atoms with E-state index in [1.165, 1.54) is 6.33 Å². The maximum Gasteiger partial charge on any atom is 0.323 e. The van der Waals surface area contributed by atoms with Gasteiger partial charge in [0.15, 0.2) is 0 Å². The smallest absolute Gasteiger partial charge is 0.323 e. The van der Waals surface area contributed by atoms with E-state index in [4.69, 9.17) is 4.74 Å². The van der Waals surface area contributed by atoms with Gasteiger partial charge < -0.3 is 15.4 Å². The van der Waals surface area contributed by atoms with Gasteiger partial charge in [-0.3, -0.25) is 9.36 Å². The van der Waals surface area contributed by atoms with E-state index in [0.717, 1.165) is 40.6 Å². The number of para-hydroxylation sites is 1. The number of nitrogens with one attached hydrogen (secondary N) is 2. The predicted octanol–water partition coefficient (Wildman–Crippen LogP) is 8.06. The van der Waals surface area contributed by atoms with Crippen LogP contribution in [0, 0.1) is 5.92 Å². The maximum atomic E-state index is 14.4. The van der Waals surface area contributed by atoms with Crippen molar-refractivity contribution in [3.8, 4) is 16.9 Å². The molecular weight excluding hydrogens is 590 g/mol. The summed E-state index contributed by atoms with van der Waals surface area (Å²) in [4.78, 5) is 37.0. The Morgan fingerprint density at radius 2 is 1.62 bits per heavy atom. The van der Waals surface area contributed by atoms with Crippen LogP contribution in [-0.4, -0.2) is 37.0 Å². The molecule has 5 rings (SSSR count). The Morgan fingerprint density at radius 1 is 0.894 bits per heavy atom. The summed E-state index contributed by atoms with van der Waals surface area (Å²) in [6.45, 7) is 14.2. The van der Waals surface area contributed by atoms with Gasteiger partial charge in [0.1, 0.15) is 36.3 Å². The zero-order chi connectivity index (χ0) is 33.5. The molecule has 0 saturated carbocycles. The lowest BCUT2D eigenvalue weighted by Crippen LogP contribution is -2.30. The van der Waals surface area contributed by atoms with Gasteiger partial charge >= 0.3 is 6.03 Å².